The molecule has 2 saturated heterocycles. The van der Waals surface area contributed by atoms with Crippen molar-refractivity contribution in [3.05, 3.63) is 34.1 Å². The van der Waals surface area contributed by atoms with Crippen LogP contribution in [0.3, 0.4) is 0 Å². The van der Waals surface area contributed by atoms with Crippen LogP contribution in [0.5, 0.6) is 0 Å². The van der Waals surface area contributed by atoms with E-state index in [4.69, 9.17) is 0 Å². The second-order valence-corrected chi connectivity index (χ2v) is 5.47. The van der Waals surface area contributed by atoms with Crippen molar-refractivity contribution in [2.75, 3.05) is 19.6 Å². The molecule has 2 atom stereocenters. The van der Waals surface area contributed by atoms with Crippen molar-refractivity contribution in [3.63, 3.8) is 0 Å². The Morgan fingerprint density at radius 3 is 3.24 bits per heavy atom. The number of hydrogen-bond donors (Lipinski definition) is 0. The molecule has 0 radical (unpaired) electrons. The molecule has 0 aromatic carbocycles. The summed E-state index contributed by atoms with van der Waals surface area (Å²) < 4.78 is 0.945. The zero-order chi connectivity index (χ0) is 11.8. The number of aromatic nitrogens is 1. The molecule has 2 aliphatic rings. The van der Waals surface area contributed by atoms with Gasteiger partial charge in [0.1, 0.15) is 0 Å². The number of carbonyl (C=O) groups excluding carboxylic acids is 1. The Labute approximate surface area is 109 Å². The van der Waals surface area contributed by atoms with Crippen LogP contribution in [0, 0.1) is 5.92 Å². The molecule has 2 unspecified atom stereocenters. The van der Waals surface area contributed by atoms with Gasteiger partial charge in [-0.1, -0.05) is 0 Å². The lowest BCUT2D eigenvalue weighted by Crippen LogP contribution is -2.35. The number of halogens is 1. The van der Waals surface area contributed by atoms with Crippen LogP contribution >= 0.6 is 15.9 Å². The van der Waals surface area contributed by atoms with E-state index < -0.39 is 0 Å². The van der Waals surface area contributed by atoms with E-state index in [9.17, 15) is 4.79 Å². The molecule has 0 spiro atoms. The number of Topliss-reactive ketones (excluding diaryl/α,β-unsaturated/α-hetero) is 1. The molecule has 88 valence electrons. The van der Waals surface area contributed by atoms with Gasteiger partial charge in [0.15, 0.2) is 5.78 Å². The lowest BCUT2D eigenvalue weighted by molar-refractivity contribution is -0.117. The third-order valence-corrected chi connectivity index (χ3v) is 4.15. The van der Waals surface area contributed by atoms with Crippen LogP contribution in [-0.4, -0.2) is 35.3 Å². The van der Waals surface area contributed by atoms with Gasteiger partial charge in [-0.05, 0) is 47.1 Å². The maximum atomic E-state index is 12.0. The van der Waals surface area contributed by atoms with E-state index in [1.165, 1.54) is 0 Å². The fraction of sp³-hybridized carbons (Fsp3) is 0.385. The first-order chi connectivity index (χ1) is 8.24. The van der Waals surface area contributed by atoms with Gasteiger partial charge in [-0.2, -0.15) is 0 Å². The van der Waals surface area contributed by atoms with Crippen LogP contribution in [-0.2, 0) is 4.79 Å². The van der Waals surface area contributed by atoms with Gasteiger partial charge < -0.3 is 0 Å². The molecular formula is C13H13BrN2O. The number of hydrogen-bond acceptors (Lipinski definition) is 3. The highest BCUT2D eigenvalue weighted by molar-refractivity contribution is 9.10. The van der Waals surface area contributed by atoms with Gasteiger partial charge in [-0.25, -0.2) is 0 Å². The second-order valence-electron chi connectivity index (χ2n) is 4.61. The van der Waals surface area contributed by atoms with Crippen molar-refractivity contribution in [2.24, 2.45) is 5.92 Å². The van der Waals surface area contributed by atoms with E-state index in [2.05, 4.69) is 25.8 Å². The second kappa shape index (κ2) is 4.35. The fourth-order valence-electron chi connectivity index (χ4n) is 2.60. The predicted octanol–water partition coefficient (Wildman–Crippen LogP) is 2.13. The van der Waals surface area contributed by atoms with E-state index in [0.717, 1.165) is 35.3 Å². The summed E-state index contributed by atoms with van der Waals surface area (Å²) in [5.74, 6) is 0.668. The molecule has 0 N–H and O–H groups in total. The summed E-state index contributed by atoms with van der Waals surface area (Å²) in [4.78, 5) is 18.6. The van der Waals surface area contributed by atoms with E-state index in [-0.39, 0.29) is 5.78 Å². The highest BCUT2D eigenvalue weighted by atomic mass is 79.9. The minimum Gasteiger partial charge on any atom is -0.295 e. The van der Waals surface area contributed by atoms with E-state index >= 15 is 0 Å². The number of carbonyl (C=O) groups is 1. The Morgan fingerprint density at radius 1 is 1.53 bits per heavy atom. The molecule has 0 amide bonds. The lowest BCUT2D eigenvalue weighted by atomic mass is 9.91. The van der Waals surface area contributed by atoms with E-state index in [1.807, 2.05) is 18.2 Å². The largest absolute Gasteiger partial charge is 0.295 e. The third-order valence-electron chi connectivity index (χ3n) is 3.48. The molecule has 2 aliphatic heterocycles. The minimum atomic E-state index is 0.260. The summed E-state index contributed by atoms with van der Waals surface area (Å²) in [6.45, 7) is 2.66. The molecule has 3 rings (SSSR count). The Morgan fingerprint density at radius 2 is 2.41 bits per heavy atom. The summed E-state index contributed by atoms with van der Waals surface area (Å²) in [6.07, 6.45) is 4.81. The first kappa shape index (κ1) is 11.1. The van der Waals surface area contributed by atoms with E-state index in [0.29, 0.717) is 12.5 Å². The van der Waals surface area contributed by atoms with Crippen LogP contribution in [0.2, 0.25) is 0 Å². The van der Waals surface area contributed by atoms with Gasteiger partial charge in [0.2, 0.25) is 0 Å². The molecule has 4 heteroatoms. The monoisotopic (exact) mass is 292 g/mol. The first-order valence-electron chi connectivity index (χ1n) is 5.82. The Kier molecular flexibility index (Phi) is 2.84. The van der Waals surface area contributed by atoms with Crippen LogP contribution in [0.4, 0.5) is 0 Å². The van der Waals surface area contributed by atoms with Gasteiger partial charge in [0.25, 0.3) is 0 Å². The van der Waals surface area contributed by atoms with Gasteiger partial charge in [0, 0.05) is 28.7 Å². The van der Waals surface area contributed by atoms with Crippen molar-refractivity contribution in [3.8, 4) is 0 Å². The maximum absolute atomic E-state index is 12.0. The molecule has 2 fully saturated rings. The summed E-state index contributed by atoms with van der Waals surface area (Å²) in [5, 5.41) is 0. The normalized spacial score (nSPS) is 29.9. The van der Waals surface area contributed by atoms with Crippen LogP contribution in [0.1, 0.15) is 12.1 Å². The molecule has 3 heterocycles. The molecular weight excluding hydrogens is 280 g/mol. The minimum absolute atomic E-state index is 0.260. The first-order valence-corrected chi connectivity index (χ1v) is 6.61. The molecule has 17 heavy (non-hydrogen) atoms. The average molecular weight is 293 g/mol. The van der Waals surface area contributed by atoms with Gasteiger partial charge in [-0.3, -0.25) is 14.7 Å². The number of ketones is 1. The topological polar surface area (TPSA) is 33.2 Å². The number of nitrogens with zero attached hydrogens (tertiary/aromatic N) is 2. The average Bonchev–Trinajstić information content (AvgIpc) is 2.70. The number of piperidine rings is 1. The van der Waals surface area contributed by atoms with Crippen molar-refractivity contribution >= 4 is 27.8 Å². The smallest absolute Gasteiger partial charge is 0.173 e. The van der Waals surface area contributed by atoms with Crippen LogP contribution < -0.4 is 0 Å². The Balaban J connectivity index is 1.97. The van der Waals surface area contributed by atoms with Gasteiger partial charge in [-0.15, -0.1) is 0 Å². The lowest BCUT2D eigenvalue weighted by Gasteiger charge is -2.23. The molecule has 3 nitrogen and oxygen atoms in total. The summed E-state index contributed by atoms with van der Waals surface area (Å²) in [7, 11) is 0. The third kappa shape index (κ3) is 2.07. The van der Waals surface area contributed by atoms with Crippen molar-refractivity contribution < 1.29 is 4.79 Å². The molecule has 2 bridgehead atoms. The molecule has 1 aromatic heterocycles. The zero-order valence-corrected chi connectivity index (χ0v) is 11.0. The summed E-state index contributed by atoms with van der Waals surface area (Å²) >= 11 is 3.47. The molecule has 1 aromatic rings. The quantitative estimate of drug-likeness (QED) is 0.744. The van der Waals surface area contributed by atoms with Crippen molar-refractivity contribution in [2.45, 2.75) is 6.42 Å². The Hall–Kier alpha value is -1.000. The van der Waals surface area contributed by atoms with Gasteiger partial charge >= 0.3 is 0 Å². The van der Waals surface area contributed by atoms with Crippen molar-refractivity contribution in [1.82, 2.24) is 9.88 Å². The number of fused-ring (bicyclic) bond motifs is 2. The van der Waals surface area contributed by atoms with E-state index in [1.54, 1.807) is 6.20 Å². The molecule has 0 saturated carbocycles. The Bertz CT molecular complexity index is 498. The fourth-order valence-corrected chi connectivity index (χ4v) is 2.97. The number of rotatable bonds is 1. The van der Waals surface area contributed by atoms with Crippen LogP contribution in [0.15, 0.2) is 28.4 Å². The van der Waals surface area contributed by atoms with Crippen LogP contribution in [0.25, 0.3) is 6.08 Å². The summed E-state index contributed by atoms with van der Waals surface area (Å²) in [6, 6.07) is 3.83. The predicted molar refractivity (Wildman–Crippen MR) is 69.5 cm³/mol. The standard InChI is InChI=1S/C13H13BrN2O/c14-11-2-1-4-15-12(11)6-10-9-3-5-16(7-9)8-13(10)17/h1-2,4,6,9H,3,5,7-8H2. The highest BCUT2D eigenvalue weighted by Crippen LogP contribution is 2.31. The zero-order valence-electron chi connectivity index (χ0n) is 9.40. The summed E-state index contributed by atoms with van der Waals surface area (Å²) in [5.41, 5.74) is 1.81. The highest BCUT2D eigenvalue weighted by Gasteiger charge is 2.35. The van der Waals surface area contributed by atoms with Crippen molar-refractivity contribution in [1.29, 1.82) is 0 Å². The number of pyridine rings is 1. The van der Waals surface area contributed by atoms with Gasteiger partial charge in [0.05, 0.1) is 12.2 Å². The SMILES string of the molecule is O=C1CN2CCC(C2)C1=Cc1ncccc1Br. The maximum Gasteiger partial charge on any atom is 0.173 e. The molecule has 0 aliphatic carbocycles.